The second kappa shape index (κ2) is 3.46. The molecule has 0 bridgehead atoms. The van der Waals surface area contributed by atoms with Gasteiger partial charge in [0.15, 0.2) is 0 Å². The van der Waals surface area contributed by atoms with Gasteiger partial charge in [-0.15, -0.1) is 0 Å². The van der Waals surface area contributed by atoms with E-state index in [0.717, 1.165) is 6.42 Å². The van der Waals surface area contributed by atoms with E-state index in [9.17, 15) is 4.79 Å². The van der Waals surface area contributed by atoms with Gasteiger partial charge >= 0.3 is 0 Å². The zero-order chi connectivity index (χ0) is 11.0. The molecule has 0 aliphatic heterocycles. The van der Waals surface area contributed by atoms with Crippen LogP contribution in [0.25, 0.3) is 0 Å². The van der Waals surface area contributed by atoms with Crippen LogP contribution < -0.4 is 16.8 Å². The van der Waals surface area contributed by atoms with Crippen LogP contribution in [-0.2, 0) is 0 Å². The summed E-state index contributed by atoms with van der Waals surface area (Å²) >= 11 is 0. The molecular weight excluding hydrogens is 190 g/mol. The van der Waals surface area contributed by atoms with Crippen LogP contribution in [0.5, 0.6) is 0 Å². The van der Waals surface area contributed by atoms with Gasteiger partial charge in [-0.25, -0.2) is 0 Å². The van der Waals surface area contributed by atoms with Gasteiger partial charge in [0.05, 0.1) is 5.56 Å². The molecule has 1 fully saturated rings. The normalized spacial score (nSPS) is 23.5. The second-order valence-electron chi connectivity index (χ2n) is 4.14. The summed E-state index contributed by atoms with van der Waals surface area (Å²) in [5.41, 5.74) is 12.8. The number of carbonyl (C=O) groups excluding carboxylic acids is 1. The molecule has 0 aromatic heterocycles. The number of nitrogens with one attached hydrogen (secondary N) is 1. The van der Waals surface area contributed by atoms with E-state index in [1.54, 1.807) is 18.2 Å². The first-order chi connectivity index (χ1) is 7.08. The van der Waals surface area contributed by atoms with Gasteiger partial charge in [-0.05, 0) is 30.5 Å². The Morgan fingerprint density at radius 2 is 2.13 bits per heavy atom. The third-order valence-corrected chi connectivity index (χ3v) is 2.75. The predicted molar refractivity (Wildman–Crippen MR) is 60.3 cm³/mol. The third-order valence-electron chi connectivity index (χ3n) is 2.75. The highest BCUT2D eigenvalue weighted by atomic mass is 16.1. The molecule has 2 atom stereocenters. The van der Waals surface area contributed by atoms with E-state index >= 15 is 0 Å². The van der Waals surface area contributed by atoms with Crippen LogP contribution in [0, 0.1) is 5.92 Å². The first-order valence-electron chi connectivity index (χ1n) is 5.04. The van der Waals surface area contributed by atoms with Gasteiger partial charge in [0.1, 0.15) is 0 Å². The van der Waals surface area contributed by atoms with Crippen LogP contribution in [-0.4, -0.2) is 11.9 Å². The van der Waals surface area contributed by atoms with Gasteiger partial charge in [0.2, 0.25) is 0 Å². The van der Waals surface area contributed by atoms with E-state index in [2.05, 4.69) is 12.2 Å². The van der Waals surface area contributed by atoms with E-state index in [4.69, 9.17) is 11.5 Å². The minimum atomic E-state index is -0.109. The van der Waals surface area contributed by atoms with Crippen LogP contribution in [0.2, 0.25) is 0 Å². The van der Waals surface area contributed by atoms with E-state index < -0.39 is 0 Å². The van der Waals surface area contributed by atoms with Crippen LogP contribution in [0.4, 0.5) is 11.4 Å². The first-order valence-corrected chi connectivity index (χ1v) is 5.04. The summed E-state index contributed by atoms with van der Waals surface area (Å²) < 4.78 is 0. The number of hydrogen-bond donors (Lipinski definition) is 3. The molecule has 0 spiro atoms. The van der Waals surface area contributed by atoms with E-state index in [0.29, 0.717) is 28.9 Å². The van der Waals surface area contributed by atoms with E-state index in [-0.39, 0.29) is 5.91 Å². The lowest BCUT2D eigenvalue weighted by atomic mass is 10.1. The molecule has 4 nitrogen and oxygen atoms in total. The average Bonchev–Trinajstić information content (AvgIpc) is 2.81. The van der Waals surface area contributed by atoms with Crippen LogP contribution in [0.3, 0.4) is 0 Å². The summed E-state index contributed by atoms with van der Waals surface area (Å²) in [6.07, 6.45) is 1.06. The second-order valence-corrected chi connectivity index (χ2v) is 4.14. The van der Waals surface area contributed by atoms with Gasteiger partial charge < -0.3 is 16.8 Å². The first kappa shape index (κ1) is 9.83. The summed E-state index contributed by atoms with van der Waals surface area (Å²) in [6.45, 7) is 2.11. The zero-order valence-corrected chi connectivity index (χ0v) is 8.66. The molecular formula is C11H15N3O. The highest BCUT2D eigenvalue weighted by Gasteiger charge is 2.34. The molecule has 80 valence electrons. The number of amides is 1. The average molecular weight is 205 g/mol. The highest BCUT2D eigenvalue weighted by molar-refractivity contribution is 6.00. The number of anilines is 2. The fraction of sp³-hybridized carbons (Fsp3) is 0.364. The number of hydrogen-bond acceptors (Lipinski definition) is 3. The topological polar surface area (TPSA) is 81.1 Å². The predicted octanol–water partition coefficient (Wildman–Crippen LogP) is 0.989. The van der Waals surface area contributed by atoms with Gasteiger partial charge in [-0.1, -0.05) is 6.92 Å². The van der Waals surface area contributed by atoms with Crippen molar-refractivity contribution in [1.82, 2.24) is 5.32 Å². The minimum Gasteiger partial charge on any atom is -0.399 e. The maximum atomic E-state index is 11.7. The Balaban J connectivity index is 2.11. The molecule has 4 heteroatoms. The van der Waals surface area contributed by atoms with Crippen LogP contribution >= 0.6 is 0 Å². The van der Waals surface area contributed by atoms with Crippen molar-refractivity contribution in [3.63, 3.8) is 0 Å². The molecule has 5 N–H and O–H groups in total. The van der Waals surface area contributed by atoms with Crippen molar-refractivity contribution in [2.75, 3.05) is 11.5 Å². The number of benzene rings is 1. The molecule has 1 aromatic carbocycles. The Morgan fingerprint density at radius 3 is 2.67 bits per heavy atom. The zero-order valence-electron chi connectivity index (χ0n) is 8.66. The maximum Gasteiger partial charge on any atom is 0.253 e. The molecule has 0 radical (unpaired) electrons. The largest absolute Gasteiger partial charge is 0.399 e. The molecule has 2 unspecified atom stereocenters. The van der Waals surface area contributed by atoms with Gasteiger partial charge in [0.25, 0.3) is 5.91 Å². The summed E-state index contributed by atoms with van der Waals surface area (Å²) in [5.74, 6) is 0.478. The van der Waals surface area contributed by atoms with Crippen molar-refractivity contribution < 1.29 is 4.79 Å². The van der Waals surface area contributed by atoms with Crippen LogP contribution in [0.1, 0.15) is 23.7 Å². The molecule has 2 rings (SSSR count). The van der Waals surface area contributed by atoms with Crippen molar-refractivity contribution in [2.45, 2.75) is 19.4 Å². The summed E-state index contributed by atoms with van der Waals surface area (Å²) in [6, 6.07) is 5.26. The quantitative estimate of drug-likeness (QED) is 0.630. The Bertz CT molecular complexity index is 403. The smallest absolute Gasteiger partial charge is 0.253 e. The molecule has 1 saturated carbocycles. The SMILES string of the molecule is CC1CC1NC(=O)c1ccc(N)cc1N. The lowest BCUT2D eigenvalue weighted by Gasteiger charge is -2.07. The Kier molecular flexibility index (Phi) is 2.26. The molecule has 15 heavy (non-hydrogen) atoms. The summed E-state index contributed by atoms with van der Waals surface area (Å²) in [5, 5.41) is 2.92. The standard InChI is InChI=1S/C11H15N3O/c1-6-4-10(6)14-11(15)8-3-2-7(12)5-9(8)13/h2-3,5-6,10H,4,12-13H2,1H3,(H,14,15). The molecule has 0 heterocycles. The highest BCUT2D eigenvalue weighted by Crippen LogP contribution is 2.29. The van der Waals surface area contributed by atoms with Crippen molar-refractivity contribution in [3.8, 4) is 0 Å². The van der Waals surface area contributed by atoms with E-state index in [1.807, 2.05) is 0 Å². The lowest BCUT2D eigenvalue weighted by molar-refractivity contribution is 0.0950. The number of rotatable bonds is 2. The van der Waals surface area contributed by atoms with Gasteiger partial charge in [-0.2, -0.15) is 0 Å². The maximum absolute atomic E-state index is 11.7. The lowest BCUT2D eigenvalue weighted by Crippen LogP contribution is -2.27. The Hall–Kier alpha value is -1.71. The Morgan fingerprint density at radius 1 is 1.47 bits per heavy atom. The number of nitrogens with two attached hydrogens (primary N) is 2. The van der Waals surface area contributed by atoms with Crippen molar-refractivity contribution >= 4 is 17.3 Å². The minimum absolute atomic E-state index is 0.109. The molecule has 1 amide bonds. The molecule has 0 saturated heterocycles. The van der Waals surface area contributed by atoms with Crippen molar-refractivity contribution in [3.05, 3.63) is 23.8 Å². The van der Waals surface area contributed by atoms with Crippen molar-refractivity contribution in [1.29, 1.82) is 0 Å². The van der Waals surface area contributed by atoms with Gasteiger partial charge in [0, 0.05) is 17.4 Å². The molecule has 1 aliphatic rings. The van der Waals surface area contributed by atoms with Crippen LogP contribution in [0.15, 0.2) is 18.2 Å². The number of carbonyl (C=O) groups is 1. The fourth-order valence-corrected chi connectivity index (χ4v) is 1.56. The fourth-order valence-electron chi connectivity index (χ4n) is 1.56. The monoisotopic (exact) mass is 205 g/mol. The van der Waals surface area contributed by atoms with E-state index in [1.165, 1.54) is 0 Å². The Labute approximate surface area is 88.6 Å². The number of nitrogen functional groups attached to an aromatic ring is 2. The summed E-state index contributed by atoms with van der Waals surface area (Å²) in [7, 11) is 0. The molecule has 1 aromatic rings. The van der Waals surface area contributed by atoms with Crippen molar-refractivity contribution in [2.24, 2.45) is 5.92 Å². The third kappa shape index (κ3) is 2.03. The molecule has 1 aliphatic carbocycles. The van der Waals surface area contributed by atoms with Gasteiger partial charge in [-0.3, -0.25) is 4.79 Å². The summed E-state index contributed by atoms with van der Waals surface area (Å²) in [4.78, 5) is 11.7.